The molecule has 5 nitrogen and oxygen atoms in total. The zero-order chi connectivity index (χ0) is 19.6. The van der Waals surface area contributed by atoms with E-state index in [0.717, 1.165) is 25.8 Å². The number of hydrogen-bond acceptors (Lipinski definition) is 5. The Morgan fingerprint density at radius 1 is 1.22 bits per heavy atom. The summed E-state index contributed by atoms with van der Waals surface area (Å²) in [6, 6.07) is 10.2. The van der Waals surface area contributed by atoms with E-state index >= 15 is 0 Å². The van der Waals surface area contributed by atoms with Crippen LogP contribution in [0.15, 0.2) is 41.3 Å². The highest BCUT2D eigenvalue weighted by atomic mass is 127. The van der Waals surface area contributed by atoms with Gasteiger partial charge in [0.15, 0.2) is 11.5 Å². The summed E-state index contributed by atoms with van der Waals surface area (Å²) in [7, 11) is 1.58. The lowest BCUT2D eigenvalue weighted by molar-refractivity contribution is -0.113. The number of ether oxygens (including phenoxy) is 2. The molecule has 0 aliphatic carbocycles. The normalized spacial score (nSPS) is 15.6. The number of anilines is 1. The monoisotopic (exact) mass is 515 g/mol. The minimum Gasteiger partial charge on any atom is -0.492 e. The molecule has 0 atom stereocenters. The molecule has 0 bridgehead atoms. The fraction of sp³-hybridized carbons (Fsp3) is 0.158. The lowest BCUT2D eigenvalue weighted by Gasteiger charge is -2.13. The predicted molar refractivity (Wildman–Crippen MR) is 117 cm³/mol. The quantitative estimate of drug-likeness (QED) is 0.384. The Hall–Kier alpha value is -1.71. The molecule has 1 heterocycles. The zero-order valence-electron chi connectivity index (χ0n) is 14.5. The van der Waals surface area contributed by atoms with Gasteiger partial charge in [-0.3, -0.25) is 9.59 Å². The van der Waals surface area contributed by atoms with Crippen molar-refractivity contribution in [2.45, 2.75) is 6.92 Å². The third kappa shape index (κ3) is 4.25. The number of imide groups is 1. The fourth-order valence-electron chi connectivity index (χ4n) is 2.56. The number of thioether (sulfide) groups is 1. The minimum atomic E-state index is -0.365. The molecule has 1 aliphatic rings. The van der Waals surface area contributed by atoms with Crippen LogP contribution in [0.4, 0.5) is 10.5 Å². The van der Waals surface area contributed by atoms with Gasteiger partial charge in [-0.25, -0.2) is 4.90 Å². The van der Waals surface area contributed by atoms with Crippen LogP contribution in [-0.2, 0) is 4.79 Å². The molecule has 0 radical (unpaired) electrons. The Balaban J connectivity index is 1.95. The molecule has 140 valence electrons. The van der Waals surface area contributed by atoms with E-state index in [0.29, 0.717) is 33.7 Å². The first kappa shape index (κ1) is 20.0. The third-order valence-electron chi connectivity index (χ3n) is 3.71. The Labute approximate surface area is 179 Å². The van der Waals surface area contributed by atoms with E-state index in [9.17, 15) is 9.59 Å². The van der Waals surface area contributed by atoms with Crippen LogP contribution in [0, 0.1) is 3.57 Å². The summed E-state index contributed by atoms with van der Waals surface area (Å²) in [5, 5.41) is 0.194. The van der Waals surface area contributed by atoms with Gasteiger partial charge in [0.2, 0.25) is 0 Å². The summed E-state index contributed by atoms with van der Waals surface area (Å²) >= 11 is 8.93. The van der Waals surface area contributed by atoms with Crippen molar-refractivity contribution >= 4 is 68.9 Å². The second kappa shape index (κ2) is 8.53. The van der Waals surface area contributed by atoms with E-state index in [1.165, 1.54) is 0 Å². The zero-order valence-corrected chi connectivity index (χ0v) is 18.2. The lowest BCUT2D eigenvalue weighted by atomic mass is 10.1. The van der Waals surface area contributed by atoms with Gasteiger partial charge in [-0.1, -0.05) is 11.6 Å². The molecule has 2 amide bonds. The van der Waals surface area contributed by atoms with E-state index in [4.69, 9.17) is 21.1 Å². The molecule has 0 saturated carbocycles. The van der Waals surface area contributed by atoms with Crippen LogP contribution in [0.2, 0.25) is 5.02 Å². The van der Waals surface area contributed by atoms with Crippen molar-refractivity contribution in [3.63, 3.8) is 0 Å². The van der Waals surface area contributed by atoms with Gasteiger partial charge in [0.1, 0.15) is 0 Å². The molecule has 2 aromatic rings. The van der Waals surface area contributed by atoms with Gasteiger partial charge in [-0.15, -0.1) is 0 Å². The first-order valence-corrected chi connectivity index (χ1v) is 10.3. The van der Waals surface area contributed by atoms with Crippen LogP contribution < -0.4 is 14.4 Å². The van der Waals surface area contributed by atoms with Crippen molar-refractivity contribution in [3.8, 4) is 11.5 Å². The number of amides is 2. The van der Waals surface area contributed by atoms with Crippen molar-refractivity contribution < 1.29 is 19.1 Å². The van der Waals surface area contributed by atoms with E-state index in [-0.39, 0.29) is 11.1 Å². The molecule has 3 rings (SSSR count). The van der Waals surface area contributed by atoms with Crippen LogP contribution in [0.25, 0.3) is 6.08 Å². The Bertz CT molecular complexity index is 930. The first-order chi connectivity index (χ1) is 12.9. The van der Waals surface area contributed by atoms with Crippen molar-refractivity contribution in [1.82, 2.24) is 0 Å². The molecule has 1 fully saturated rings. The highest BCUT2D eigenvalue weighted by Crippen LogP contribution is 2.38. The van der Waals surface area contributed by atoms with Gasteiger partial charge >= 0.3 is 0 Å². The maximum Gasteiger partial charge on any atom is 0.298 e. The molecule has 0 N–H and O–H groups in total. The average Bonchev–Trinajstić information content (AvgIpc) is 2.90. The molecule has 0 spiro atoms. The standard InChI is InChI=1S/C19H15ClINO4S/c1-3-26-15-9-11(8-14(21)17(15)25-2)10-16-18(23)22(19(24)27-16)13-6-4-12(20)5-7-13/h4-10H,3H2,1-2H3/b16-10+. The van der Waals surface area contributed by atoms with Crippen LogP contribution in [0.3, 0.4) is 0 Å². The number of rotatable bonds is 5. The van der Waals surface area contributed by atoms with Gasteiger partial charge in [-0.2, -0.15) is 0 Å². The van der Waals surface area contributed by atoms with E-state index in [1.807, 2.05) is 13.0 Å². The largest absolute Gasteiger partial charge is 0.492 e. The number of benzene rings is 2. The fourth-order valence-corrected chi connectivity index (χ4v) is 4.38. The van der Waals surface area contributed by atoms with Gasteiger partial charge in [0.05, 0.1) is 27.9 Å². The lowest BCUT2D eigenvalue weighted by Crippen LogP contribution is -2.27. The predicted octanol–water partition coefficient (Wildman–Crippen LogP) is 5.59. The van der Waals surface area contributed by atoms with E-state index < -0.39 is 0 Å². The number of hydrogen-bond donors (Lipinski definition) is 0. The second-order valence-corrected chi connectivity index (χ2v) is 8.05. The van der Waals surface area contributed by atoms with Gasteiger partial charge in [0, 0.05) is 5.02 Å². The van der Waals surface area contributed by atoms with Gasteiger partial charge in [-0.05, 0) is 89.3 Å². The van der Waals surface area contributed by atoms with Gasteiger partial charge < -0.3 is 9.47 Å². The third-order valence-corrected chi connectivity index (χ3v) is 5.63. The van der Waals surface area contributed by atoms with Gasteiger partial charge in [0.25, 0.3) is 11.1 Å². The van der Waals surface area contributed by atoms with Crippen LogP contribution in [0.1, 0.15) is 12.5 Å². The maximum atomic E-state index is 12.7. The number of carbonyl (C=O) groups is 2. The summed E-state index contributed by atoms with van der Waals surface area (Å²) in [5.74, 6) is 0.870. The SMILES string of the molecule is CCOc1cc(/C=C2/SC(=O)N(c3ccc(Cl)cc3)C2=O)cc(I)c1OC. The molecular formula is C19H15ClINO4S. The van der Waals surface area contributed by atoms with Crippen molar-refractivity contribution in [2.24, 2.45) is 0 Å². The number of nitrogens with zero attached hydrogens (tertiary/aromatic N) is 1. The molecule has 8 heteroatoms. The molecule has 2 aromatic carbocycles. The molecule has 1 aliphatic heterocycles. The Morgan fingerprint density at radius 2 is 1.93 bits per heavy atom. The summed E-state index contributed by atoms with van der Waals surface area (Å²) in [4.78, 5) is 26.6. The Morgan fingerprint density at radius 3 is 2.56 bits per heavy atom. The summed E-state index contributed by atoms with van der Waals surface area (Å²) in [6.07, 6.45) is 1.69. The topological polar surface area (TPSA) is 55.8 Å². The maximum absolute atomic E-state index is 12.7. The molecular weight excluding hydrogens is 501 g/mol. The summed E-state index contributed by atoms with van der Waals surface area (Å²) in [6.45, 7) is 2.37. The molecule has 27 heavy (non-hydrogen) atoms. The average molecular weight is 516 g/mol. The number of methoxy groups -OCH3 is 1. The smallest absolute Gasteiger partial charge is 0.298 e. The molecule has 0 aromatic heterocycles. The van der Waals surface area contributed by atoms with E-state index in [1.54, 1.807) is 43.5 Å². The van der Waals surface area contributed by atoms with Crippen molar-refractivity contribution in [1.29, 1.82) is 0 Å². The summed E-state index contributed by atoms with van der Waals surface area (Å²) in [5.41, 5.74) is 1.25. The highest BCUT2D eigenvalue weighted by molar-refractivity contribution is 14.1. The van der Waals surface area contributed by atoms with Crippen molar-refractivity contribution in [2.75, 3.05) is 18.6 Å². The highest BCUT2D eigenvalue weighted by Gasteiger charge is 2.36. The molecule has 0 unspecified atom stereocenters. The Kier molecular flexibility index (Phi) is 6.33. The van der Waals surface area contributed by atoms with Crippen molar-refractivity contribution in [3.05, 3.63) is 55.5 Å². The van der Waals surface area contributed by atoms with Crippen LogP contribution >= 0.6 is 46.0 Å². The number of carbonyl (C=O) groups excluding carboxylic acids is 2. The van der Waals surface area contributed by atoms with Crippen LogP contribution in [-0.4, -0.2) is 24.9 Å². The number of halogens is 2. The van der Waals surface area contributed by atoms with E-state index in [2.05, 4.69) is 22.6 Å². The molecule has 1 saturated heterocycles. The first-order valence-electron chi connectivity index (χ1n) is 7.98. The van der Waals surface area contributed by atoms with Crippen LogP contribution in [0.5, 0.6) is 11.5 Å². The summed E-state index contributed by atoms with van der Waals surface area (Å²) < 4.78 is 11.9. The minimum absolute atomic E-state index is 0.346. The second-order valence-electron chi connectivity index (χ2n) is 5.46.